The van der Waals surface area contributed by atoms with Gasteiger partial charge < -0.3 is 19.1 Å². The number of aromatic nitrogens is 1. The van der Waals surface area contributed by atoms with E-state index < -0.39 is 0 Å². The third-order valence-corrected chi connectivity index (χ3v) is 3.86. The van der Waals surface area contributed by atoms with Gasteiger partial charge in [-0.2, -0.15) is 0 Å². The third kappa shape index (κ3) is 3.56. The molecule has 0 saturated carbocycles. The summed E-state index contributed by atoms with van der Waals surface area (Å²) in [5.74, 6) is 0.479. The van der Waals surface area contributed by atoms with E-state index in [1.807, 2.05) is 18.7 Å². The van der Waals surface area contributed by atoms with Crippen molar-refractivity contribution in [1.29, 1.82) is 0 Å². The average Bonchev–Trinajstić information content (AvgIpc) is 2.98. The van der Waals surface area contributed by atoms with Gasteiger partial charge >= 0.3 is 0 Å². The standard InChI is InChI=1S/C16H22N2O4/c1-11-8-18(9-12(2)21-11)16(19)13-3-5-17-15(7-13)22-14-4-6-20-10-14/h3,5,7,11-12,14H,4,6,8-10H2,1-2H3. The molecule has 3 unspecified atom stereocenters. The Morgan fingerprint density at radius 1 is 1.36 bits per heavy atom. The van der Waals surface area contributed by atoms with Gasteiger partial charge in [-0.3, -0.25) is 4.79 Å². The summed E-state index contributed by atoms with van der Waals surface area (Å²) in [6.07, 6.45) is 2.62. The molecule has 0 aromatic carbocycles. The van der Waals surface area contributed by atoms with Gasteiger partial charge in [0.1, 0.15) is 6.10 Å². The Kier molecular flexibility index (Phi) is 4.59. The molecule has 120 valence electrons. The van der Waals surface area contributed by atoms with Crippen LogP contribution in [-0.4, -0.2) is 60.4 Å². The zero-order chi connectivity index (χ0) is 15.5. The van der Waals surface area contributed by atoms with Crippen molar-refractivity contribution < 1.29 is 19.0 Å². The van der Waals surface area contributed by atoms with E-state index in [1.165, 1.54) is 0 Å². The van der Waals surface area contributed by atoms with E-state index in [0.29, 0.717) is 37.7 Å². The second kappa shape index (κ2) is 6.62. The lowest BCUT2D eigenvalue weighted by atomic mass is 10.1. The van der Waals surface area contributed by atoms with Crippen molar-refractivity contribution in [1.82, 2.24) is 9.88 Å². The van der Waals surface area contributed by atoms with E-state index in [2.05, 4.69) is 4.98 Å². The van der Waals surface area contributed by atoms with E-state index in [1.54, 1.807) is 18.3 Å². The summed E-state index contributed by atoms with van der Waals surface area (Å²) in [6.45, 7) is 6.48. The van der Waals surface area contributed by atoms with Gasteiger partial charge in [-0.15, -0.1) is 0 Å². The molecule has 0 radical (unpaired) electrons. The Labute approximate surface area is 130 Å². The van der Waals surface area contributed by atoms with E-state index in [4.69, 9.17) is 14.2 Å². The lowest BCUT2D eigenvalue weighted by molar-refractivity contribution is -0.0586. The van der Waals surface area contributed by atoms with Gasteiger partial charge in [-0.25, -0.2) is 4.98 Å². The Balaban J connectivity index is 1.69. The van der Waals surface area contributed by atoms with Crippen LogP contribution in [0.15, 0.2) is 18.3 Å². The largest absolute Gasteiger partial charge is 0.472 e. The van der Waals surface area contributed by atoms with Crippen LogP contribution in [0.4, 0.5) is 0 Å². The molecule has 3 rings (SSSR count). The van der Waals surface area contributed by atoms with E-state index >= 15 is 0 Å². The van der Waals surface area contributed by atoms with Gasteiger partial charge in [-0.1, -0.05) is 0 Å². The molecule has 6 nitrogen and oxygen atoms in total. The monoisotopic (exact) mass is 306 g/mol. The molecular formula is C16H22N2O4. The number of hydrogen-bond donors (Lipinski definition) is 0. The van der Waals surface area contributed by atoms with Crippen LogP contribution in [0.25, 0.3) is 0 Å². The molecule has 0 aliphatic carbocycles. The number of amides is 1. The summed E-state index contributed by atoms with van der Waals surface area (Å²) in [5, 5.41) is 0. The van der Waals surface area contributed by atoms with Crippen molar-refractivity contribution in [3.8, 4) is 5.88 Å². The fourth-order valence-electron chi connectivity index (χ4n) is 2.91. The van der Waals surface area contributed by atoms with Crippen molar-refractivity contribution in [3.63, 3.8) is 0 Å². The molecule has 0 spiro atoms. The predicted octanol–water partition coefficient (Wildman–Crippen LogP) is 1.50. The highest BCUT2D eigenvalue weighted by Crippen LogP contribution is 2.18. The Hall–Kier alpha value is -1.66. The second-order valence-electron chi connectivity index (χ2n) is 5.95. The first-order valence-electron chi connectivity index (χ1n) is 7.77. The molecule has 1 aromatic rings. The molecule has 1 aromatic heterocycles. The average molecular weight is 306 g/mol. The molecule has 2 aliphatic heterocycles. The van der Waals surface area contributed by atoms with Gasteiger partial charge in [-0.05, 0) is 19.9 Å². The third-order valence-electron chi connectivity index (χ3n) is 3.86. The van der Waals surface area contributed by atoms with Gasteiger partial charge in [0.2, 0.25) is 5.88 Å². The lowest BCUT2D eigenvalue weighted by Crippen LogP contribution is -2.48. The van der Waals surface area contributed by atoms with Crippen LogP contribution in [0, 0.1) is 0 Å². The van der Waals surface area contributed by atoms with Crippen LogP contribution in [0.3, 0.4) is 0 Å². The van der Waals surface area contributed by atoms with Gasteiger partial charge in [0.15, 0.2) is 0 Å². The molecule has 0 bridgehead atoms. The maximum atomic E-state index is 12.6. The first kappa shape index (κ1) is 15.2. The molecule has 2 aliphatic rings. The van der Waals surface area contributed by atoms with Gasteiger partial charge in [0, 0.05) is 37.3 Å². The SMILES string of the molecule is CC1CN(C(=O)c2ccnc(OC3CCOC3)c2)CC(C)O1. The highest BCUT2D eigenvalue weighted by atomic mass is 16.5. The number of rotatable bonds is 3. The summed E-state index contributed by atoms with van der Waals surface area (Å²) < 4.78 is 16.7. The van der Waals surface area contributed by atoms with Crippen LogP contribution in [-0.2, 0) is 9.47 Å². The maximum Gasteiger partial charge on any atom is 0.254 e. The number of morpholine rings is 1. The smallest absolute Gasteiger partial charge is 0.254 e. The normalized spacial score (nSPS) is 28.6. The fraction of sp³-hybridized carbons (Fsp3) is 0.625. The Morgan fingerprint density at radius 2 is 2.14 bits per heavy atom. The molecule has 0 N–H and O–H groups in total. The van der Waals surface area contributed by atoms with E-state index in [-0.39, 0.29) is 24.2 Å². The Morgan fingerprint density at radius 3 is 2.82 bits per heavy atom. The summed E-state index contributed by atoms with van der Waals surface area (Å²) in [4.78, 5) is 18.7. The topological polar surface area (TPSA) is 60.9 Å². The molecule has 22 heavy (non-hydrogen) atoms. The van der Waals surface area contributed by atoms with Crippen LogP contribution in [0.2, 0.25) is 0 Å². The molecule has 1 amide bonds. The van der Waals surface area contributed by atoms with E-state index in [0.717, 1.165) is 6.42 Å². The number of carbonyl (C=O) groups excluding carboxylic acids is 1. The summed E-state index contributed by atoms with van der Waals surface area (Å²) in [6, 6.07) is 3.44. The van der Waals surface area contributed by atoms with Crippen molar-refractivity contribution in [2.45, 2.75) is 38.6 Å². The van der Waals surface area contributed by atoms with Crippen LogP contribution in [0.1, 0.15) is 30.6 Å². The number of carbonyl (C=O) groups is 1. The van der Waals surface area contributed by atoms with Crippen LogP contribution < -0.4 is 4.74 Å². The van der Waals surface area contributed by atoms with Crippen molar-refractivity contribution in [2.75, 3.05) is 26.3 Å². The minimum absolute atomic E-state index is 0.00285. The second-order valence-corrected chi connectivity index (χ2v) is 5.95. The van der Waals surface area contributed by atoms with Gasteiger partial charge in [0.25, 0.3) is 5.91 Å². The van der Waals surface area contributed by atoms with Crippen molar-refractivity contribution in [3.05, 3.63) is 23.9 Å². The van der Waals surface area contributed by atoms with Crippen LogP contribution in [0.5, 0.6) is 5.88 Å². The van der Waals surface area contributed by atoms with E-state index in [9.17, 15) is 4.79 Å². The minimum Gasteiger partial charge on any atom is -0.472 e. The molecule has 6 heteroatoms. The zero-order valence-corrected chi connectivity index (χ0v) is 13.0. The van der Waals surface area contributed by atoms with Gasteiger partial charge in [0.05, 0.1) is 25.4 Å². The lowest BCUT2D eigenvalue weighted by Gasteiger charge is -2.35. The predicted molar refractivity (Wildman–Crippen MR) is 80.0 cm³/mol. The summed E-state index contributed by atoms with van der Waals surface area (Å²) in [7, 11) is 0. The molecular weight excluding hydrogens is 284 g/mol. The first-order chi connectivity index (χ1) is 10.6. The summed E-state index contributed by atoms with van der Waals surface area (Å²) in [5.41, 5.74) is 0.602. The van der Waals surface area contributed by atoms with Crippen LogP contribution >= 0.6 is 0 Å². The highest BCUT2D eigenvalue weighted by molar-refractivity contribution is 5.94. The number of ether oxygens (including phenoxy) is 3. The molecule has 2 fully saturated rings. The maximum absolute atomic E-state index is 12.6. The molecule has 3 heterocycles. The van der Waals surface area contributed by atoms with Crippen molar-refractivity contribution in [2.24, 2.45) is 0 Å². The first-order valence-corrected chi connectivity index (χ1v) is 7.77. The number of pyridine rings is 1. The summed E-state index contributed by atoms with van der Waals surface area (Å²) >= 11 is 0. The number of hydrogen-bond acceptors (Lipinski definition) is 5. The fourth-order valence-corrected chi connectivity index (χ4v) is 2.91. The van der Waals surface area contributed by atoms with Crippen molar-refractivity contribution >= 4 is 5.91 Å². The molecule has 2 saturated heterocycles. The number of nitrogens with zero attached hydrogens (tertiary/aromatic N) is 2. The quantitative estimate of drug-likeness (QED) is 0.847. The highest BCUT2D eigenvalue weighted by Gasteiger charge is 2.27. The molecule has 3 atom stereocenters. The Bertz CT molecular complexity index is 521. The minimum atomic E-state index is -0.00285. The zero-order valence-electron chi connectivity index (χ0n) is 13.0.